The summed E-state index contributed by atoms with van der Waals surface area (Å²) in [5.74, 6) is 0.355. The fraction of sp³-hybridized carbons (Fsp3) is 0.182. The van der Waals surface area contributed by atoms with Gasteiger partial charge in [-0.2, -0.15) is 15.1 Å². The van der Waals surface area contributed by atoms with Gasteiger partial charge in [-0.15, -0.1) is 0 Å². The number of thioether (sulfide) groups is 1. The van der Waals surface area contributed by atoms with E-state index in [1.807, 2.05) is 38.1 Å². The number of hydrazone groups is 1. The number of ether oxygens (including phenoxy) is 1. The van der Waals surface area contributed by atoms with Crippen molar-refractivity contribution in [2.45, 2.75) is 20.5 Å². The first-order valence-electron chi connectivity index (χ1n) is 9.48. The number of aliphatic imine (C=N–C) groups is 1. The number of halogens is 2. The molecule has 0 fully saturated rings. The summed E-state index contributed by atoms with van der Waals surface area (Å²) in [4.78, 5) is 16.7. The molecule has 6 nitrogen and oxygen atoms in total. The molecule has 0 aromatic heterocycles. The number of hydrogen-bond donors (Lipinski definition) is 1. The number of benzene rings is 2. The number of rotatable bonds is 5. The Bertz CT molecular complexity index is 1170. The second-order valence-corrected chi connectivity index (χ2v) is 9.04. The highest BCUT2D eigenvalue weighted by molar-refractivity contribution is 8.27. The lowest BCUT2D eigenvalue weighted by Gasteiger charge is -2.20. The number of amidine groups is 2. The first kappa shape index (κ1) is 21.6. The van der Waals surface area contributed by atoms with Crippen molar-refractivity contribution in [3.63, 3.8) is 0 Å². The average molecular weight is 473 g/mol. The Labute approximate surface area is 194 Å². The third kappa shape index (κ3) is 4.69. The molecular formula is C22H18Cl2N4O2S. The van der Waals surface area contributed by atoms with E-state index >= 15 is 0 Å². The molecule has 1 amide bonds. The summed E-state index contributed by atoms with van der Waals surface area (Å²) in [5, 5.41) is 16.6. The molecular weight excluding hydrogens is 455 g/mol. The van der Waals surface area contributed by atoms with Crippen LogP contribution in [0.2, 0.25) is 10.0 Å². The third-order valence-corrected chi connectivity index (χ3v) is 6.34. The van der Waals surface area contributed by atoms with Crippen LogP contribution in [-0.4, -0.2) is 27.0 Å². The fourth-order valence-corrected chi connectivity index (χ4v) is 4.26. The van der Waals surface area contributed by atoms with Gasteiger partial charge in [-0.3, -0.25) is 10.2 Å². The van der Waals surface area contributed by atoms with Crippen molar-refractivity contribution in [1.29, 1.82) is 5.41 Å². The zero-order chi connectivity index (χ0) is 22.1. The normalized spacial score (nSPS) is 17.2. The molecule has 0 atom stereocenters. The van der Waals surface area contributed by atoms with Gasteiger partial charge in [-0.1, -0.05) is 55.2 Å². The van der Waals surface area contributed by atoms with Crippen molar-refractivity contribution in [3.8, 4) is 5.75 Å². The van der Waals surface area contributed by atoms with Crippen LogP contribution in [0.3, 0.4) is 0 Å². The van der Waals surface area contributed by atoms with Gasteiger partial charge in [-0.25, -0.2) is 0 Å². The van der Waals surface area contributed by atoms with E-state index in [1.54, 1.807) is 24.3 Å². The standard InChI is InChI=1S/C22H18Cl2N4O2S/c1-12(2)21-27-28-19(25)17(20(29)26-22(28)31-21)9-13-4-3-5-16(8-13)30-11-14-6-7-15(23)10-18(14)24/h3-10,12,25H,11H2,1-2H3. The van der Waals surface area contributed by atoms with Gasteiger partial charge in [0.2, 0.25) is 5.17 Å². The van der Waals surface area contributed by atoms with E-state index in [4.69, 9.17) is 33.3 Å². The summed E-state index contributed by atoms with van der Waals surface area (Å²) in [6, 6.07) is 12.5. The van der Waals surface area contributed by atoms with Gasteiger partial charge in [0.1, 0.15) is 17.4 Å². The monoisotopic (exact) mass is 472 g/mol. The summed E-state index contributed by atoms with van der Waals surface area (Å²) in [6.45, 7) is 4.29. The van der Waals surface area contributed by atoms with Crippen LogP contribution in [0.1, 0.15) is 25.0 Å². The molecule has 0 spiro atoms. The first-order valence-corrected chi connectivity index (χ1v) is 11.1. The Balaban J connectivity index is 1.54. The van der Waals surface area contributed by atoms with E-state index in [2.05, 4.69) is 10.1 Å². The number of hydrogen-bond acceptors (Lipinski definition) is 5. The minimum atomic E-state index is -0.455. The van der Waals surface area contributed by atoms with Crippen LogP contribution in [0.4, 0.5) is 0 Å². The number of carbonyl (C=O) groups is 1. The highest BCUT2D eigenvalue weighted by Crippen LogP contribution is 2.31. The zero-order valence-corrected chi connectivity index (χ0v) is 19.1. The molecule has 0 saturated carbocycles. The lowest BCUT2D eigenvalue weighted by molar-refractivity contribution is -0.114. The van der Waals surface area contributed by atoms with Crippen LogP contribution >= 0.6 is 35.0 Å². The quantitative estimate of drug-likeness (QED) is 0.553. The van der Waals surface area contributed by atoms with E-state index in [0.717, 1.165) is 10.6 Å². The SMILES string of the molecule is CC(C)C1=NN2C(=N)C(=Cc3cccc(OCc4ccc(Cl)cc4Cl)c3)C(=O)N=C2S1. The van der Waals surface area contributed by atoms with Crippen molar-refractivity contribution < 1.29 is 9.53 Å². The van der Waals surface area contributed by atoms with Gasteiger partial charge >= 0.3 is 0 Å². The minimum absolute atomic E-state index is 0.0115. The lowest BCUT2D eigenvalue weighted by atomic mass is 10.1. The van der Waals surface area contributed by atoms with Crippen LogP contribution in [0, 0.1) is 11.3 Å². The predicted octanol–water partition coefficient (Wildman–Crippen LogP) is 5.85. The van der Waals surface area contributed by atoms with Gasteiger partial charge in [0.15, 0.2) is 5.84 Å². The molecule has 0 unspecified atom stereocenters. The van der Waals surface area contributed by atoms with Gasteiger partial charge in [0.25, 0.3) is 5.91 Å². The van der Waals surface area contributed by atoms with Crippen molar-refractivity contribution in [2.75, 3.05) is 0 Å². The minimum Gasteiger partial charge on any atom is -0.489 e. The number of nitrogens with one attached hydrogen (secondary N) is 1. The van der Waals surface area contributed by atoms with Crippen LogP contribution in [0.15, 0.2) is 58.1 Å². The van der Waals surface area contributed by atoms with E-state index in [-0.39, 0.29) is 23.9 Å². The first-order chi connectivity index (χ1) is 14.8. The van der Waals surface area contributed by atoms with Crippen molar-refractivity contribution >= 4 is 63.0 Å². The largest absolute Gasteiger partial charge is 0.489 e. The Morgan fingerprint density at radius 3 is 2.77 bits per heavy atom. The average Bonchev–Trinajstić information content (AvgIpc) is 3.15. The highest BCUT2D eigenvalue weighted by Gasteiger charge is 2.36. The predicted molar refractivity (Wildman–Crippen MR) is 127 cm³/mol. The molecule has 2 aliphatic heterocycles. The van der Waals surface area contributed by atoms with E-state index in [1.165, 1.54) is 16.8 Å². The molecule has 0 aliphatic carbocycles. The zero-order valence-electron chi connectivity index (χ0n) is 16.7. The van der Waals surface area contributed by atoms with Crippen LogP contribution < -0.4 is 4.74 Å². The van der Waals surface area contributed by atoms with Crippen molar-refractivity contribution in [1.82, 2.24) is 5.01 Å². The third-order valence-electron chi connectivity index (χ3n) is 4.54. The smallest absolute Gasteiger partial charge is 0.283 e. The van der Waals surface area contributed by atoms with Gasteiger partial charge in [0.05, 0.1) is 5.57 Å². The summed E-state index contributed by atoms with van der Waals surface area (Å²) in [6.07, 6.45) is 1.63. The molecule has 0 saturated heterocycles. The molecule has 2 heterocycles. The lowest BCUT2D eigenvalue weighted by Crippen LogP contribution is -2.35. The van der Waals surface area contributed by atoms with Crippen LogP contribution in [0.5, 0.6) is 5.75 Å². The fourth-order valence-electron chi connectivity index (χ4n) is 2.90. The number of fused-ring (bicyclic) bond motifs is 1. The molecule has 1 N–H and O–H groups in total. The second-order valence-electron chi connectivity index (χ2n) is 7.21. The summed E-state index contributed by atoms with van der Waals surface area (Å²) in [5.41, 5.74) is 1.70. The number of carbonyl (C=O) groups excluding carboxylic acids is 1. The second kappa shape index (κ2) is 8.86. The molecule has 0 radical (unpaired) electrons. The van der Waals surface area contributed by atoms with Crippen molar-refractivity contribution in [3.05, 3.63) is 69.2 Å². The summed E-state index contributed by atoms with van der Waals surface area (Å²) in [7, 11) is 0. The maximum atomic E-state index is 12.5. The van der Waals surface area contributed by atoms with Crippen LogP contribution in [0.25, 0.3) is 6.08 Å². The Kier molecular flexibility index (Phi) is 6.18. The Hall–Kier alpha value is -2.61. The molecule has 31 heavy (non-hydrogen) atoms. The van der Waals surface area contributed by atoms with Gasteiger partial charge in [0, 0.05) is 21.5 Å². The van der Waals surface area contributed by atoms with Crippen molar-refractivity contribution in [2.24, 2.45) is 16.0 Å². The maximum Gasteiger partial charge on any atom is 0.283 e. The van der Waals surface area contributed by atoms with Gasteiger partial charge in [-0.05, 0) is 47.7 Å². The molecule has 2 aromatic carbocycles. The number of amides is 1. The molecule has 158 valence electrons. The molecule has 4 rings (SSSR count). The number of nitrogens with zero attached hydrogens (tertiary/aromatic N) is 3. The topological polar surface area (TPSA) is 78.1 Å². The Morgan fingerprint density at radius 2 is 2.03 bits per heavy atom. The molecule has 0 bridgehead atoms. The summed E-state index contributed by atoms with van der Waals surface area (Å²) < 4.78 is 5.85. The molecule has 2 aliphatic rings. The molecule has 9 heteroatoms. The van der Waals surface area contributed by atoms with E-state index in [9.17, 15) is 4.79 Å². The molecule has 2 aromatic rings. The summed E-state index contributed by atoms with van der Waals surface area (Å²) >= 11 is 13.5. The van der Waals surface area contributed by atoms with Gasteiger partial charge < -0.3 is 4.74 Å². The van der Waals surface area contributed by atoms with E-state index in [0.29, 0.717) is 26.5 Å². The maximum absolute atomic E-state index is 12.5. The van der Waals surface area contributed by atoms with E-state index < -0.39 is 5.91 Å². The van der Waals surface area contributed by atoms with Crippen LogP contribution in [-0.2, 0) is 11.4 Å². The highest BCUT2D eigenvalue weighted by atomic mass is 35.5. The Morgan fingerprint density at radius 1 is 1.23 bits per heavy atom.